The molecule has 0 fully saturated rings. The predicted octanol–water partition coefficient (Wildman–Crippen LogP) is 3.01. The van der Waals surface area contributed by atoms with E-state index in [4.69, 9.17) is 16.3 Å². The van der Waals surface area contributed by atoms with Gasteiger partial charge in [0.25, 0.3) is 0 Å². The third-order valence-corrected chi connectivity index (χ3v) is 2.30. The first kappa shape index (κ1) is 13.5. The van der Waals surface area contributed by atoms with Crippen molar-refractivity contribution in [1.29, 1.82) is 0 Å². The molecule has 0 saturated heterocycles. The highest BCUT2D eigenvalue weighted by atomic mass is 35.5. The van der Waals surface area contributed by atoms with E-state index in [1.807, 2.05) is 0 Å². The molecule has 0 unspecified atom stereocenters. The van der Waals surface area contributed by atoms with Gasteiger partial charge in [-0.3, -0.25) is 0 Å². The Morgan fingerprint density at radius 3 is 2.88 bits per heavy atom. The SMILES string of the molecule is C=C(CNc1ccc(Cl)c(F)c1)C(=O)OCC. The Bertz CT molecular complexity index is 435. The van der Waals surface area contributed by atoms with E-state index in [-0.39, 0.29) is 17.1 Å². The van der Waals surface area contributed by atoms with Gasteiger partial charge in [-0.1, -0.05) is 18.2 Å². The van der Waals surface area contributed by atoms with Gasteiger partial charge in [0.1, 0.15) is 5.82 Å². The monoisotopic (exact) mass is 257 g/mol. The van der Waals surface area contributed by atoms with Crippen LogP contribution in [0, 0.1) is 5.82 Å². The zero-order valence-electron chi connectivity index (χ0n) is 9.43. The van der Waals surface area contributed by atoms with Crippen LogP contribution in [0.1, 0.15) is 6.92 Å². The molecule has 1 N–H and O–H groups in total. The second kappa shape index (κ2) is 6.25. The number of esters is 1. The zero-order chi connectivity index (χ0) is 12.8. The average Bonchev–Trinajstić information content (AvgIpc) is 2.30. The molecule has 0 saturated carbocycles. The van der Waals surface area contributed by atoms with Crippen LogP contribution in [0.25, 0.3) is 0 Å². The molecule has 92 valence electrons. The fraction of sp³-hybridized carbons (Fsp3) is 0.250. The molecule has 1 aromatic carbocycles. The number of hydrogen-bond acceptors (Lipinski definition) is 3. The molecule has 0 aliphatic carbocycles. The first-order valence-corrected chi connectivity index (χ1v) is 5.46. The van der Waals surface area contributed by atoms with Gasteiger partial charge in [-0.25, -0.2) is 9.18 Å². The number of ether oxygens (including phenoxy) is 1. The summed E-state index contributed by atoms with van der Waals surface area (Å²) in [5, 5.41) is 2.91. The van der Waals surface area contributed by atoms with Crippen molar-refractivity contribution in [1.82, 2.24) is 0 Å². The largest absolute Gasteiger partial charge is 0.463 e. The molecule has 0 aliphatic rings. The Kier molecular flexibility index (Phi) is 4.97. The number of carbonyl (C=O) groups is 1. The standard InChI is InChI=1S/C12H13ClFNO2/c1-3-17-12(16)8(2)7-15-9-4-5-10(13)11(14)6-9/h4-6,15H,2-3,7H2,1H3. The second-order valence-corrected chi connectivity index (χ2v) is 3.71. The molecule has 0 aromatic heterocycles. The minimum absolute atomic E-state index is 0.0553. The van der Waals surface area contributed by atoms with Crippen molar-refractivity contribution in [2.75, 3.05) is 18.5 Å². The fourth-order valence-electron chi connectivity index (χ4n) is 1.12. The van der Waals surface area contributed by atoms with Crippen LogP contribution in [0.15, 0.2) is 30.4 Å². The molecule has 17 heavy (non-hydrogen) atoms. The Balaban J connectivity index is 2.53. The Labute approximate surface area is 104 Å². The third kappa shape index (κ3) is 4.07. The molecule has 3 nitrogen and oxygen atoms in total. The first-order valence-electron chi connectivity index (χ1n) is 5.08. The van der Waals surface area contributed by atoms with Crippen molar-refractivity contribution >= 4 is 23.3 Å². The first-order chi connectivity index (χ1) is 8.04. The number of nitrogens with one attached hydrogen (secondary N) is 1. The molecule has 0 bridgehead atoms. The highest BCUT2D eigenvalue weighted by molar-refractivity contribution is 6.30. The molecule has 5 heteroatoms. The van der Waals surface area contributed by atoms with Crippen LogP contribution in [-0.4, -0.2) is 19.1 Å². The van der Waals surface area contributed by atoms with Crippen LogP contribution in [-0.2, 0) is 9.53 Å². The summed E-state index contributed by atoms with van der Waals surface area (Å²) in [4.78, 5) is 11.2. The van der Waals surface area contributed by atoms with E-state index in [0.717, 1.165) is 0 Å². The van der Waals surface area contributed by atoms with Gasteiger partial charge in [0.05, 0.1) is 11.6 Å². The normalized spacial score (nSPS) is 9.82. The fourth-order valence-corrected chi connectivity index (χ4v) is 1.24. The molecule has 1 rings (SSSR count). The van der Waals surface area contributed by atoms with Crippen LogP contribution < -0.4 is 5.32 Å². The molecular formula is C12H13ClFNO2. The number of halogens is 2. The maximum Gasteiger partial charge on any atom is 0.335 e. The van der Waals surface area contributed by atoms with Gasteiger partial charge in [-0.15, -0.1) is 0 Å². The van der Waals surface area contributed by atoms with E-state index in [1.165, 1.54) is 12.1 Å². The maximum absolute atomic E-state index is 13.1. The summed E-state index contributed by atoms with van der Waals surface area (Å²) in [5.74, 6) is -0.979. The van der Waals surface area contributed by atoms with Crippen LogP contribution in [0.2, 0.25) is 5.02 Å². The summed E-state index contributed by atoms with van der Waals surface area (Å²) in [5.41, 5.74) is 0.805. The predicted molar refractivity (Wildman–Crippen MR) is 65.7 cm³/mol. The minimum Gasteiger partial charge on any atom is -0.463 e. The second-order valence-electron chi connectivity index (χ2n) is 3.31. The van der Waals surface area contributed by atoms with Gasteiger partial charge < -0.3 is 10.1 Å². The smallest absolute Gasteiger partial charge is 0.335 e. The van der Waals surface area contributed by atoms with Crippen molar-refractivity contribution in [3.63, 3.8) is 0 Å². The maximum atomic E-state index is 13.1. The van der Waals surface area contributed by atoms with Crippen LogP contribution >= 0.6 is 11.6 Å². The van der Waals surface area contributed by atoms with Crippen LogP contribution in [0.3, 0.4) is 0 Å². The van der Waals surface area contributed by atoms with Gasteiger partial charge in [0.15, 0.2) is 0 Å². The summed E-state index contributed by atoms with van der Waals surface area (Å²) in [6, 6.07) is 4.30. The average molecular weight is 258 g/mol. The summed E-state index contributed by atoms with van der Waals surface area (Å²) < 4.78 is 17.9. The molecule has 0 aliphatic heterocycles. The van der Waals surface area contributed by atoms with E-state index in [2.05, 4.69) is 11.9 Å². The molecule has 0 heterocycles. The molecule has 0 radical (unpaired) electrons. The van der Waals surface area contributed by atoms with Gasteiger partial charge in [0, 0.05) is 17.8 Å². The molecule has 1 aromatic rings. The highest BCUT2D eigenvalue weighted by Crippen LogP contribution is 2.18. The van der Waals surface area contributed by atoms with Gasteiger partial charge in [-0.2, -0.15) is 0 Å². The number of hydrogen-bond donors (Lipinski definition) is 1. The van der Waals surface area contributed by atoms with E-state index < -0.39 is 11.8 Å². The summed E-state index contributed by atoms with van der Waals surface area (Å²) in [6.07, 6.45) is 0. The number of anilines is 1. The summed E-state index contributed by atoms with van der Waals surface area (Å²) in [7, 11) is 0. The lowest BCUT2D eigenvalue weighted by atomic mass is 10.2. The van der Waals surface area contributed by atoms with E-state index >= 15 is 0 Å². The summed E-state index contributed by atoms with van der Waals surface area (Å²) in [6.45, 7) is 5.78. The van der Waals surface area contributed by atoms with Gasteiger partial charge in [0.2, 0.25) is 0 Å². The van der Waals surface area contributed by atoms with E-state index in [9.17, 15) is 9.18 Å². The van der Waals surface area contributed by atoms with Crippen molar-refractivity contribution in [3.05, 3.63) is 41.2 Å². The minimum atomic E-state index is -0.515. The highest BCUT2D eigenvalue weighted by Gasteiger charge is 2.07. The topological polar surface area (TPSA) is 38.3 Å². The zero-order valence-corrected chi connectivity index (χ0v) is 10.2. The number of rotatable bonds is 5. The lowest BCUT2D eigenvalue weighted by molar-refractivity contribution is -0.138. The molecule has 0 amide bonds. The quantitative estimate of drug-likeness (QED) is 0.651. The van der Waals surface area contributed by atoms with Crippen molar-refractivity contribution in [2.24, 2.45) is 0 Å². The van der Waals surface area contributed by atoms with Crippen molar-refractivity contribution in [2.45, 2.75) is 6.92 Å². The van der Waals surface area contributed by atoms with E-state index in [0.29, 0.717) is 12.3 Å². The van der Waals surface area contributed by atoms with E-state index in [1.54, 1.807) is 13.0 Å². The third-order valence-electron chi connectivity index (χ3n) is 1.99. The van der Waals surface area contributed by atoms with Gasteiger partial charge in [-0.05, 0) is 25.1 Å². The molecule has 0 atom stereocenters. The lowest BCUT2D eigenvalue weighted by Crippen LogP contribution is -2.14. The van der Waals surface area contributed by atoms with Gasteiger partial charge >= 0.3 is 5.97 Å². The number of carbonyl (C=O) groups excluding carboxylic acids is 1. The van der Waals surface area contributed by atoms with Crippen LogP contribution in [0.4, 0.5) is 10.1 Å². The number of benzene rings is 1. The Morgan fingerprint density at radius 1 is 1.59 bits per heavy atom. The van der Waals surface area contributed by atoms with Crippen molar-refractivity contribution < 1.29 is 13.9 Å². The molecular weight excluding hydrogens is 245 g/mol. The lowest BCUT2D eigenvalue weighted by Gasteiger charge is -2.08. The summed E-state index contributed by atoms with van der Waals surface area (Å²) >= 11 is 5.54. The Morgan fingerprint density at radius 2 is 2.29 bits per heavy atom. The van der Waals surface area contributed by atoms with Crippen molar-refractivity contribution in [3.8, 4) is 0 Å². The Hall–Kier alpha value is -1.55. The molecule has 0 spiro atoms. The van der Waals surface area contributed by atoms with Crippen LogP contribution in [0.5, 0.6) is 0 Å².